The molecule has 0 aliphatic rings. The van der Waals surface area contributed by atoms with Crippen LogP contribution < -0.4 is 21.9 Å². The molecule has 0 radical (unpaired) electrons. The summed E-state index contributed by atoms with van der Waals surface area (Å²) in [7, 11) is 0. The first kappa shape index (κ1) is 32.7. The number of pyridine rings is 1. The topological polar surface area (TPSA) is 187 Å². The van der Waals surface area contributed by atoms with Crippen LogP contribution in [0.4, 0.5) is 5.82 Å². The van der Waals surface area contributed by atoms with E-state index in [0.29, 0.717) is 45.6 Å². The summed E-state index contributed by atoms with van der Waals surface area (Å²) in [5.74, 6) is 0.528. The van der Waals surface area contributed by atoms with Crippen molar-refractivity contribution in [2.24, 2.45) is 11.5 Å². The number of benzene rings is 2. The van der Waals surface area contributed by atoms with Gasteiger partial charge in [0.05, 0.1) is 11.3 Å². The molecule has 0 aliphatic heterocycles. The third-order valence-electron chi connectivity index (χ3n) is 6.43. The van der Waals surface area contributed by atoms with Crippen molar-refractivity contribution < 1.29 is 14.3 Å². The second-order valence-electron chi connectivity index (χ2n) is 9.52. The summed E-state index contributed by atoms with van der Waals surface area (Å²) in [5, 5.41) is 23.9. The number of halogens is 1. The first-order valence-electron chi connectivity index (χ1n) is 13.7. The van der Waals surface area contributed by atoms with E-state index in [1.807, 2.05) is 29.6 Å². The van der Waals surface area contributed by atoms with Gasteiger partial charge in [0.2, 0.25) is 0 Å². The average Bonchev–Trinajstić information content (AvgIpc) is 3.51. The largest absolute Gasteiger partial charge is 0.490 e. The molecule has 0 fully saturated rings. The van der Waals surface area contributed by atoms with Gasteiger partial charge in [-0.05, 0) is 49.2 Å². The molecule has 0 amide bonds. The van der Waals surface area contributed by atoms with E-state index in [9.17, 15) is 15.3 Å². The number of nitrogen functional groups attached to an aromatic ring is 1. The number of nitrogens with two attached hydrogens (primary N) is 3. The van der Waals surface area contributed by atoms with Crippen molar-refractivity contribution in [2.75, 3.05) is 25.5 Å². The standard InChI is InChI=1S/C31H30ClN7O3S2/c32-21-8-4-20(5-9-21)29-38-22(17-43-29)18-44-30-25(16-35)27(24(15-34)28(37)39-30)19-6-10-23(11-7-19)41-13-14-42-31(40)26(36)3-1-2-12-33/h4-11,17,26H,1-3,12-14,18,33,36H2,(H2,37,39)/t26-/m0/s1. The Balaban J connectivity index is 1.43. The third-order valence-corrected chi connectivity index (χ3v) is 8.63. The summed E-state index contributed by atoms with van der Waals surface area (Å²) in [5.41, 5.74) is 20.6. The molecule has 0 spiro atoms. The SMILES string of the molecule is N#Cc1c(N)nc(SCc2csc(-c3ccc(Cl)cc3)n2)c(C#N)c1-c1ccc(OCCOC(=O)[C@@H](N)CCCCN)cc1. The van der Waals surface area contributed by atoms with E-state index in [4.69, 9.17) is 43.3 Å². The minimum absolute atomic E-state index is 0.0347. The molecule has 1 atom stereocenters. The summed E-state index contributed by atoms with van der Waals surface area (Å²) >= 11 is 8.83. The average molecular weight is 648 g/mol. The summed E-state index contributed by atoms with van der Waals surface area (Å²) in [4.78, 5) is 21.1. The predicted molar refractivity (Wildman–Crippen MR) is 173 cm³/mol. The predicted octanol–water partition coefficient (Wildman–Crippen LogP) is 5.52. The molecule has 2 aromatic heterocycles. The van der Waals surface area contributed by atoms with Crippen molar-refractivity contribution in [1.82, 2.24) is 9.97 Å². The van der Waals surface area contributed by atoms with E-state index >= 15 is 0 Å². The second-order valence-corrected chi connectivity index (χ2v) is 11.8. The van der Waals surface area contributed by atoms with Crippen molar-refractivity contribution in [1.29, 1.82) is 10.5 Å². The maximum absolute atomic E-state index is 12.0. The van der Waals surface area contributed by atoms with Crippen LogP contribution >= 0.6 is 34.7 Å². The molecule has 0 unspecified atom stereocenters. The van der Waals surface area contributed by atoms with E-state index < -0.39 is 12.0 Å². The summed E-state index contributed by atoms with van der Waals surface area (Å²) in [6.07, 6.45) is 2.08. The van der Waals surface area contributed by atoms with Crippen molar-refractivity contribution in [3.8, 4) is 39.6 Å². The van der Waals surface area contributed by atoms with E-state index in [-0.39, 0.29) is 30.2 Å². The Morgan fingerprint density at radius 1 is 1.00 bits per heavy atom. The number of anilines is 1. The van der Waals surface area contributed by atoms with Gasteiger partial charge < -0.3 is 26.7 Å². The molecule has 226 valence electrons. The van der Waals surface area contributed by atoms with Crippen molar-refractivity contribution in [2.45, 2.75) is 36.1 Å². The quantitative estimate of drug-likeness (QED) is 0.0888. The van der Waals surface area contributed by atoms with E-state index in [0.717, 1.165) is 29.1 Å². The number of esters is 1. The Morgan fingerprint density at radius 3 is 2.39 bits per heavy atom. The van der Waals surface area contributed by atoms with Crippen molar-refractivity contribution in [3.05, 3.63) is 75.8 Å². The van der Waals surface area contributed by atoms with Crippen LogP contribution in [0.3, 0.4) is 0 Å². The maximum atomic E-state index is 12.0. The summed E-state index contributed by atoms with van der Waals surface area (Å²) < 4.78 is 10.9. The van der Waals surface area contributed by atoms with Crippen LogP contribution in [-0.4, -0.2) is 41.7 Å². The lowest BCUT2D eigenvalue weighted by Crippen LogP contribution is -2.33. The van der Waals surface area contributed by atoms with Gasteiger partial charge >= 0.3 is 5.97 Å². The summed E-state index contributed by atoms with van der Waals surface area (Å²) in [6, 6.07) is 17.9. The molecule has 0 saturated heterocycles. The number of nitrogens with zero attached hydrogens (tertiary/aromatic N) is 4. The van der Waals surface area contributed by atoms with Gasteiger partial charge in [0.1, 0.15) is 58.6 Å². The lowest BCUT2D eigenvalue weighted by Gasteiger charge is -2.14. The zero-order valence-corrected chi connectivity index (χ0v) is 26.1. The van der Waals surface area contributed by atoms with E-state index in [2.05, 4.69) is 17.1 Å². The molecular formula is C31H30ClN7O3S2. The molecule has 0 aliphatic carbocycles. The fourth-order valence-corrected chi connectivity index (χ4v) is 6.13. The number of carbonyl (C=O) groups is 1. The molecule has 0 saturated carbocycles. The molecule has 2 heterocycles. The minimum atomic E-state index is -0.686. The number of carbonyl (C=O) groups excluding carboxylic acids is 1. The number of aromatic nitrogens is 2. The van der Waals surface area contributed by atoms with Gasteiger partial charge in [-0.2, -0.15) is 10.5 Å². The number of unbranched alkanes of at least 4 members (excludes halogenated alkanes) is 1. The highest BCUT2D eigenvalue weighted by Gasteiger charge is 2.21. The third kappa shape index (κ3) is 8.47. The highest BCUT2D eigenvalue weighted by Crippen LogP contribution is 2.37. The minimum Gasteiger partial charge on any atom is -0.490 e. The van der Waals surface area contributed by atoms with Gasteiger partial charge in [-0.3, -0.25) is 4.79 Å². The Bertz CT molecular complexity index is 1670. The monoisotopic (exact) mass is 647 g/mol. The number of rotatable bonds is 14. The number of nitriles is 2. The van der Waals surface area contributed by atoms with Crippen LogP contribution in [0.25, 0.3) is 21.7 Å². The number of hydrogen-bond donors (Lipinski definition) is 3. The lowest BCUT2D eigenvalue weighted by molar-refractivity contribution is -0.146. The molecule has 44 heavy (non-hydrogen) atoms. The fourth-order valence-electron chi connectivity index (χ4n) is 4.18. The Kier molecular flexibility index (Phi) is 11.9. The van der Waals surface area contributed by atoms with Crippen LogP contribution in [0.2, 0.25) is 5.02 Å². The number of hydrogen-bond acceptors (Lipinski definition) is 12. The van der Waals surface area contributed by atoms with Gasteiger partial charge in [0, 0.05) is 27.3 Å². The zero-order chi connectivity index (χ0) is 31.5. The molecule has 4 aromatic rings. The highest BCUT2D eigenvalue weighted by atomic mass is 35.5. The first-order valence-corrected chi connectivity index (χ1v) is 15.9. The van der Waals surface area contributed by atoms with Crippen molar-refractivity contribution in [3.63, 3.8) is 0 Å². The van der Waals surface area contributed by atoms with Crippen LogP contribution in [0, 0.1) is 22.7 Å². The molecule has 6 N–H and O–H groups in total. The number of ether oxygens (including phenoxy) is 2. The summed E-state index contributed by atoms with van der Waals surface area (Å²) in [6.45, 7) is 0.732. The van der Waals surface area contributed by atoms with E-state index in [1.54, 1.807) is 24.3 Å². The lowest BCUT2D eigenvalue weighted by atomic mass is 9.97. The smallest absolute Gasteiger partial charge is 0.323 e. The van der Waals surface area contributed by atoms with Gasteiger partial charge in [0.25, 0.3) is 0 Å². The molecule has 4 rings (SSSR count). The molecular weight excluding hydrogens is 618 g/mol. The van der Waals surface area contributed by atoms with Gasteiger partial charge in [-0.1, -0.05) is 54.0 Å². The first-order chi connectivity index (χ1) is 21.3. The highest BCUT2D eigenvalue weighted by molar-refractivity contribution is 7.98. The number of thioether (sulfide) groups is 1. The maximum Gasteiger partial charge on any atom is 0.323 e. The van der Waals surface area contributed by atoms with Crippen LogP contribution in [0.15, 0.2) is 58.9 Å². The van der Waals surface area contributed by atoms with E-state index in [1.165, 1.54) is 23.1 Å². The molecule has 10 nitrogen and oxygen atoms in total. The second kappa shape index (κ2) is 16.1. The Morgan fingerprint density at radius 2 is 1.70 bits per heavy atom. The molecule has 13 heteroatoms. The van der Waals surface area contributed by atoms with Crippen molar-refractivity contribution >= 4 is 46.5 Å². The van der Waals surface area contributed by atoms with Crippen LogP contribution in [-0.2, 0) is 15.3 Å². The molecule has 2 aromatic carbocycles. The van der Waals surface area contributed by atoms with Gasteiger partial charge in [0.15, 0.2) is 0 Å². The normalized spacial score (nSPS) is 11.4. The Labute approximate surface area is 268 Å². The van der Waals surface area contributed by atoms with Gasteiger partial charge in [-0.25, -0.2) is 9.97 Å². The van der Waals surface area contributed by atoms with Crippen LogP contribution in [0.1, 0.15) is 36.1 Å². The fraction of sp³-hybridized carbons (Fsp3) is 0.258. The number of thiazole rings is 1. The van der Waals surface area contributed by atoms with Crippen LogP contribution in [0.5, 0.6) is 5.75 Å². The van der Waals surface area contributed by atoms with Gasteiger partial charge in [-0.15, -0.1) is 11.3 Å². The zero-order valence-electron chi connectivity index (χ0n) is 23.7. The Hall–Kier alpha value is -4.17. The molecule has 0 bridgehead atoms.